The molecule has 2 rings (SSSR count). The molecule has 0 fully saturated rings. The minimum absolute atomic E-state index is 0.305. The van der Waals surface area contributed by atoms with Crippen molar-refractivity contribution in [2.24, 2.45) is 0 Å². The highest BCUT2D eigenvalue weighted by Gasteiger charge is 2.30. The Morgan fingerprint density at radius 2 is 1.83 bits per heavy atom. The molecule has 1 aromatic carbocycles. The summed E-state index contributed by atoms with van der Waals surface area (Å²) in [4.78, 5) is 15.7. The molecule has 0 saturated carbocycles. The Morgan fingerprint density at radius 3 is 2.35 bits per heavy atom. The van der Waals surface area contributed by atoms with Crippen molar-refractivity contribution in [2.75, 3.05) is 5.32 Å². The maximum Gasteiger partial charge on any atom is 0.417 e. The van der Waals surface area contributed by atoms with Crippen LogP contribution in [-0.2, 0) is 11.0 Å². The number of benzene rings is 1. The molecule has 1 aromatic heterocycles. The van der Waals surface area contributed by atoms with E-state index in [9.17, 15) is 22.4 Å². The average molecular weight is 344 g/mol. The highest BCUT2D eigenvalue weighted by molar-refractivity contribution is 8.00. The number of anilines is 1. The molecule has 0 aliphatic rings. The van der Waals surface area contributed by atoms with Crippen LogP contribution >= 0.6 is 11.8 Å². The highest BCUT2D eigenvalue weighted by Crippen LogP contribution is 2.30. The highest BCUT2D eigenvalue weighted by atomic mass is 32.2. The van der Waals surface area contributed by atoms with Gasteiger partial charge in [-0.2, -0.15) is 13.2 Å². The Labute approximate surface area is 134 Å². The van der Waals surface area contributed by atoms with Crippen LogP contribution in [0, 0.1) is 5.82 Å². The third kappa shape index (κ3) is 4.95. The lowest BCUT2D eigenvalue weighted by Crippen LogP contribution is -2.22. The normalized spacial score (nSPS) is 12.7. The lowest BCUT2D eigenvalue weighted by molar-refractivity contribution is -0.137. The molecular weight excluding hydrogens is 332 g/mol. The first-order valence-electron chi connectivity index (χ1n) is 6.52. The van der Waals surface area contributed by atoms with E-state index in [4.69, 9.17) is 0 Å². The monoisotopic (exact) mass is 344 g/mol. The number of carbonyl (C=O) groups is 1. The minimum Gasteiger partial charge on any atom is -0.325 e. The zero-order chi connectivity index (χ0) is 17.0. The van der Waals surface area contributed by atoms with Crippen molar-refractivity contribution >= 4 is 23.4 Å². The molecule has 1 amide bonds. The second kappa shape index (κ2) is 6.99. The van der Waals surface area contributed by atoms with Gasteiger partial charge < -0.3 is 5.32 Å². The number of alkyl halides is 3. The summed E-state index contributed by atoms with van der Waals surface area (Å²) < 4.78 is 50.1. The Bertz CT molecular complexity index is 671. The molecule has 0 bridgehead atoms. The molecule has 23 heavy (non-hydrogen) atoms. The summed E-state index contributed by atoms with van der Waals surface area (Å²) in [6, 6.07) is 7.40. The number of thioether (sulfide) groups is 1. The molecule has 0 aliphatic carbocycles. The van der Waals surface area contributed by atoms with E-state index in [0.717, 1.165) is 24.0 Å². The summed E-state index contributed by atoms with van der Waals surface area (Å²) in [6.07, 6.45) is -3.71. The maximum absolute atomic E-state index is 12.8. The minimum atomic E-state index is -4.44. The van der Waals surface area contributed by atoms with Gasteiger partial charge in [0.2, 0.25) is 5.91 Å². The summed E-state index contributed by atoms with van der Waals surface area (Å²) in [6.45, 7) is 1.60. The van der Waals surface area contributed by atoms with Crippen LogP contribution in [0.15, 0.2) is 47.6 Å². The molecular formula is C15H12F4N2OS. The fourth-order valence-electron chi connectivity index (χ4n) is 1.63. The van der Waals surface area contributed by atoms with Crippen LogP contribution in [0.2, 0.25) is 0 Å². The Morgan fingerprint density at radius 1 is 1.17 bits per heavy atom. The van der Waals surface area contributed by atoms with Gasteiger partial charge in [-0.1, -0.05) is 11.8 Å². The number of nitrogens with one attached hydrogen (secondary N) is 1. The zero-order valence-corrected chi connectivity index (χ0v) is 12.7. The van der Waals surface area contributed by atoms with Crippen molar-refractivity contribution < 1.29 is 22.4 Å². The number of rotatable bonds is 4. The molecule has 8 heteroatoms. The van der Waals surface area contributed by atoms with E-state index < -0.39 is 22.8 Å². The van der Waals surface area contributed by atoms with Crippen LogP contribution in [0.3, 0.4) is 0 Å². The number of hydrogen-bond acceptors (Lipinski definition) is 3. The van der Waals surface area contributed by atoms with Crippen LogP contribution in [0.1, 0.15) is 12.5 Å². The molecule has 0 saturated heterocycles. The first-order chi connectivity index (χ1) is 10.8. The van der Waals surface area contributed by atoms with Gasteiger partial charge in [0.15, 0.2) is 0 Å². The first kappa shape index (κ1) is 17.3. The molecule has 3 nitrogen and oxygen atoms in total. The van der Waals surface area contributed by atoms with Crippen molar-refractivity contribution in [1.29, 1.82) is 0 Å². The number of pyridine rings is 1. The molecule has 0 radical (unpaired) electrons. The van der Waals surface area contributed by atoms with E-state index in [2.05, 4.69) is 10.3 Å². The maximum atomic E-state index is 12.8. The van der Waals surface area contributed by atoms with Crippen LogP contribution in [0.5, 0.6) is 0 Å². The van der Waals surface area contributed by atoms with Crippen LogP contribution in [0.25, 0.3) is 0 Å². The van der Waals surface area contributed by atoms with Gasteiger partial charge in [-0.3, -0.25) is 4.79 Å². The molecule has 2 aromatic rings. The van der Waals surface area contributed by atoms with E-state index in [1.165, 1.54) is 30.3 Å². The Hall–Kier alpha value is -2.09. The second-order valence-corrected chi connectivity index (χ2v) is 6.00. The molecule has 0 unspecified atom stereocenters. The number of nitrogens with zero attached hydrogens (tertiary/aromatic N) is 1. The predicted octanol–water partition coefficient (Wildman–Crippen LogP) is 4.36. The standard InChI is InChI=1S/C15H12F4N2OS/c1-9(14(22)21-12-5-3-11(16)4-6-12)23-13-7-2-10(8-20-13)15(17,18)19/h2-9H,1H3,(H,21,22)/t9-/m1/s1. The van der Waals surface area contributed by atoms with Crippen LogP contribution < -0.4 is 5.32 Å². The Balaban J connectivity index is 1.96. The summed E-state index contributed by atoms with van der Waals surface area (Å²) in [5.41, 5.74) is -0.408. The van der Waals surface area contributed by atoms with Gasteiger partial charge in [0.25, 0.3) is 0 Å². The van der Waals surface area contributed by atoms with E-state index in [1.54, 1.807) is 6.92 Å². The molecule has 1 heterocycles. The van der Waals surface area contributed by atoms with Gasteiger partial charge in [0.05, 0.1) is 15.8 Å². The lowest BCUT2D eigenvalue weighted by atomic mass is 10.3. The Kier molecular flexibility index (Phi) is 5.25. The van der Waals surface area contributed by atoms with Crippen molar-refractivity contribution in [1.82, 2.24) is 4.98 Å². The van der Waals surface area contributed by atoms with E-state index in [1.807, 2.05) is 0 Å². The largest absolute Gasteiger partial charge is 0.417 e. The smallest absolute Gasteiger partial charge is 0.325 e. The lowest BCUT2D eigenvalue weighted by Gasteiger charge is -2.12. The average Bonchev–Trinajstić information content (AvgIpc) is 2.49. The SMILES string of the molecule is C[C@@H](Sc1ccc(C(F)(F)F)cn1)C(=O)Nc1ccc(F)cc1. The van der Waals surface area contributed by atoms with E-state index in [-0.39, 0.29) is 5.91 Å². The number of halogens is 4. The van der Waals surface area contributed by atoms with Crippen molar-refractivity contribution in [3.8, 4) is 0 Å². The predicted molar refractivity (Wildman–Crippen MR) is 79.6 cm³/mol. The first-order valence-corrected chi connectivity index (χ1v) is 7.40. The third-order valence-corrected chi connectivity index (χ3v) is 3.89. The second-order valence-electron chi connectivity index (χ2n) is 4.64. The van der Waals surface area contributed by atoms with Crippen molar-refractivity contribution in [2.45, 2.75) is 23.4 Å². The van der Waals surface area contributed by atoms with Crippen LogP contribution in [0.4, 0.5) is 23.2 Å². The van der Waals surface area contributed by atoms with Gasteiger partial charge in [-0.15, -0.1) is 0 Å². The summed E-state index contributed by atoms with van der Waals surface area (Å²) >= 11 is 1.03. The van der Waals surface area contributed by atoms with Gasteiger partial charge in [0.1, 0.15) is 5.82 Å². The van der Waals surface area contributed by atoms with Gasteiger partial charge in [-0.05, 0) is 43.3 Å². The van der Waals surface area contributed by atoms with E-state index >= 15 is 0 Å². The topological polar surface area (TPSA) is 42.0 Å². The molecule has 1 N–H and O–H groups in total. The molecule has 0 aliphatic heterocycles. The summed E-state index contributed by atoms with van der Waals surface area (Å²) in [7, 11) is 0. The number of hydrogen-bond donors (Lipinski definition) is 1. The number of aromatic nitrogens is 1. The zero-order valence-electron chi connectivity index (χ0n) is 11.9. The summed E-state index contributed by atoms with van der Waals surface area (Å²) in [5.74, 6) is -0.775. The van der Waals surface area contributed by atoms with Crippen LogP contribution in [-0.4, -0.2) is 16.1 Å². The van der Waals surface area contributed by atoms with Crippen molar-refractivity contribution in [3.63, 3.8) is 0 Å². The quantitative estimate of drug-likeness (QED) is 0.662. The van der Waals surface area contributed by atoms with E-state index in [0.29, 0.717) is 10.7 Å². The third-order valence-electron chi connectivity index (χ3n) is 2.84. The van der Waals surface area contributed by atoms with Gasteiger partial charge in [0, 0.05) is 11.9 Å². The summed E-state index contributed by atoms with van der Waals surface area (Å²) in [5, 5.41) is 2.32. The van der Waals surface area contributed by atoms with Gasteiger partial charge in [-0.25, -0.2) is 9.37 Å². The number of carbonyl (C=O) groups excluding carboxylic acids is 1. The fraction of sp³-hybridized carbons (Fsp3) is 0.200. The molecule has 0 spiro atoms. The fourth-order valence-corrected chi connectivity index (χ4v) is 2.42. The van der Waals surface area contributed by atoms with Gasteiger partial charge >= 0.3 is 6.18 Å². The molecule has 1 atom stereocenters. The number of amides is 1. The molecule has 122 valence electrons. The van der Waals surface area contributed by atoms with Crippen molar-refractivity contribution in [3.05, 3.63) is 54.0 Å².